The lowest BCUT2D eigenvalue weighted by molar-refractivity contribution is -0.137. The standard InChI is InChI=1S/C30H43NO3/c1-29-17-14-25-24-13-11-23(32)21-22(24)10-12-26(25)27(29)15-18-30(29,19-20-31)16-8-6-4-2-3-5-7-9-28(33)34/h21,26-27H,2-19H2,1H3,(H,33,34)/t26?,27?,29-,30-/m0/s1. The first-order chi connectivity index (χ1) is 16.4. The van der Waals surface area contributed by atoms with E-state index in [4.69, 9.17) is 5.11 Å². The highest BCUT2D eigenvalue weighted by Crippen LogP contribution is 2.69. The van der Waals surface area contributed by atoms with Crippen molar-refractivity contribution >= 4 is 11.8 Å². The number of nitrogens with zero attached hydrogens (tertiary/aromatic N) is 1. The second-order valence-corrected chi connectivity index (χ2v) is 11.8. The number of hydrogen-bond acceptors (Lipinski definition) is 3. The molecule has 4 heteroatoms. The second-order valence-electron chi connectivity index (χ2n) is 11.8. The average Bonchev–Trinajstić information content (AvgIpc) is 3.10. The van der Waals surface area contributed by atoms with Crippen molar-refractivity contribution < 1.29 is 14.7 Å². The van der Waals surface area contributed by atoms with Crippen LogP contribution in [0.3, 0.4) is 0 Å². The van der Waals surface area contributed by atoms with Crippen molar-refractivity contribution in [3.8, 4) is 6.07 Å². The van der Waals surface area contributed by atoms with Gasteiger partial charge in [-0.3, -0.25) is 9.59 Å². The molecule has 0 saturated heterocycles. The molecule has 1 N–H and O–H groups in total. The van der Waals surface area contributed by atoms with Crippen LogP contribution in [0.2, 0.25) is 0 Å². The van der Waals surface area contributed by atoms with Crippen molar-refractivity contribution in [2.45, 2.75) is 122 Å². The monoisotopic (exact) mass is 465 g/mol. The Labute approximate surface area is 205 Å². The highest BCUT2D eigenvalue weighted by Gasteiger charge is 2.60. The van der Waals surface area contributed by atoms with E-state index in [0.717, 1.165) is 32.1 Å². The zero-order valence-electron chi connectivity index (χ0n) is 21.2. The van der Waals surface area contributed by atoms with Crippen molar-refractivity contribution in [2.75, 3.05) is 0 Å². The van der Waals surface area contributed by atoms with E-state index in [9.17, 15) is 14.9 Å². The number of carbonyl (C=O) groups is 2. The van der Waals surface area contributed by atoms with Crippen LogP contribution >= 0.6 is 0 Å². The molecule has 186 valence electrons. The van der Waals surface area contributed by atoms with Crippen molar-refractivity contribution in [3.05, 3.63) is 22.8 Å². The summed E-state index contributed by atoms with van der Waals surface area (Å²) in [5.74, 6) is 1.000. The lowest BCUT2D eigenvalue weighted by Gasteiger charge is -2.53. The zero-order chi connectivity index (χ0) is 24.2. The molecule has 4 rings (SSSR count). The van der Waals surface area contributed by atoms with Crippen molar-refractivity contribution in [1.82, 2.24) is 0 Å². The number of rotatable bonds is 11. The molecule has 0 aromatic carbocycles. The van der Waals surface area contributed by atoms with Crippen LogP contribution in [0.5, 0.6) is 0 Å². The molecule has 4 aliphatic rings. The summed E-state index contributed by atoms with van der Waals surface area (Å²) in [6.45, 7) is 2.53. The fourth-order valence-electron chi connectivity index (χ4n) is 8.32. The second kappa shape index (κ2) is 10.8. The fraction of sp³-hybridized carbons (Fsp3) is 0.767. The number of nitriles is 1. The maximum absolute atomic E-state index is 12.0. The molecule has 0 heterocycles. The predicted octanol–water partition coefficient (Wildman–Crippen LogP) is 7.69. The Hall–Kier alpha value is -1.89. The number of carboxylic acids is 1. The molecular weight excluding hydrogens is 422 g/mol. The Balaban J connectivity index is 1.36. The van der Waals surface area contributed by atoms with Gasteiger partial charge in [0.25, 0.3) is 0 Å². The summed E-state index contributed by atoms with van der Waals surface area (Å²) in [7, 11) is 0. The van der Waals surface area contributed by atoms with Gasteiger partial charge in [-0.25, -0.2) is 0 Å². The van der Waals surface area contributed by atoms with Gasteiger partial charge in [0.2, 0.25) is 0 Å². The van der Waals surface area contributed by atoms with Crippen LogP contribution in [0.4, 0.5) is 0 Å². The summed E-state index contributed by atoms with van der Waals surface area (Å²) in [5, 5.41) is 18.6. The molecular formula is C30H43NO3. The van der Waals surface area contributed by atoms with Gasteiger partial charge in [0, 0.05) is 19.3 Å². The van der Waals surface area contributed by atoms with Gasteiger partial charge in [-0.15, -0.1) is 0 Å². The SMILES string of the molecule is C[C@]12CCC3=C4CCC(=O)C=C4CCC3C1CC[C@]2(CC#N)CCCCCCCCCC(=O)O. The van der Waals surface area contributed by atoms with E-state index in [-0.39, 0.29) is 10.8 Å². The molecule has 0 amide bonds. The van der Waals surface area contributed by atoms with Gasteiger partial charge >= 0.3 is 5.97 Å². The Morgan fingerprint density at radius 2 is 1.76 bits per heavy atom. The highest BCUT2D eigenvalue weighted by atomic mass is 16.4. The molecule has 0 aromatic heterocycles. The molecule has 2 saturated carbocycles. The van der Waals surface area contributed by atoms with Gasteiger partial charge in [-0.05, 0) is 97.7 Å². The number of fused-ring (bicyclic) bond motifs is 4. The van der Waals surface area contributed by atoms with E-state index in [1.807, 2.05) is 6.08 Å². The van der Waals surface area contributed by atoms with Crippen LogP contribution in [0.1, 0.15) is 122 Å². The highest BCUT2D eigenvalue weighted by molar-refractivity contribution is 5.93. The number of ketones is 1. The summed E-state index contributed by atoms with van der Waals surface area (Å²) in [5.41, 5.74) is 5.00. The molecule has 2 unspecified atom stereocenters. The van der Waals surface area contributed by atoms with Gasteiger partial charge < -0.3 is 5.11 Å². The van der Waals surface area contributed by atoms with E-state index in [2.05, 4.69) is 13.0 Å². The molecule has 0 aromatic rings. The first kappa shape index (κ1) is 25.2. The first-order valence-electron chi connectivity index (χ1n) is 13.9. The molecule has 2 fully saturated rings. The van der Waals surface area contributed by atoms with Gasteiger partial charge in [-0.2, -0.15) is 5.26 Å². The molecule has 4 nitrogen and oxygen atoms in total. The molecule has 0 aliphatic heterocycles. The normalized spacial score (nSPS) is 32.5. The van der Waals surface area contributed by atoms with Crippen molar-refractivity contribution in [2.24, 2.45) is 22.7 Å². The Morgan fingerprint density at radius 1 is 1.03 bits per heavy atom. The summed E-state index contributed by atoms with van der Waals surface area (Å²) >= 11 is 0. The number of unbranched alkanes of at least 4 members (excludes halogenated alkanes) is 6. The van der Waals surface area contributed by atoms with E-state index < -0.39 is 5.97 Å². The largest absolute Gasteiger partial charge is 0.481 e. The van der Waals surface area contributed by atoms with Crippen LogP contribution < -0.4 is 0 Å². The fourth-order valence-corrected chi connectivity index (χ4v) is 8.32. The lowest BCUT2D eigenvalue weighted by Crippen LogP contribution is -2.45. The third-order valence-corrected chi connectivity index (χ3v) is 10.2. The quantitative estimate of drug-likeness (QED) is 0.317. The van der Waals surface area contributed by atoms with Crippen LogP contribution in [0.15, 0.2) is 22.8 Å². The summed E-state index contributed by atoms with van der Waals surface area (Å²) in [6, 6.07) is 2.61. The van der Waals surface area contributed by atoms with Crippen LogP contribution in [-0.4, -0.2) is 16.9 Å². The van der Waals surface area contributed by atoms with Crippen LogP contribution in [-0.2, 0) is 9.59 Å². The van der Waals surface area contributed by atoms with Gasteiger partial charge in [0.1, 0.15) is 0 Å². The van der Waals surface area contributed by atoms with Crippen molar-refractivity contribution in [1.29, 1.82) is 5.26 Å². The van der Waals surface area contributed by atoms with Gasteiger partial charge in [0.05, 0.1) is 6.07 Å². The van der Waals surface area contributed by atoms with E-state index >= 15 is 0 Å². The molecule has 0 radical (unpaired) electrons. The zero-order valence-corrected chi connectivity index (χ0v) is 21.2. The summed E-state index contributed by atoms with van der Waals surface area (Å²) < 4.78 is 0. The smallest absolute Gasteiger partial charge is 0.303 e. The number of allylic oxidation sites excluding steroid dienone is 4. The topological polar surface area (TPSA) is 78.2 Å². The molecule has 34 heavy (non-hydrogen) atoms. The number of carboxylic acid groups (broad SMARTS) is 1. The first-order valence-corrected chi connectivity index (χ1v) is 13.9. The Kier molecular flexibility index (Phi) is 8.01. The predicted molar refractivity (Wildman–Crippen MR) is 134 cm³/mol. The molecule has 0 spiro atoms. The maximum Gasteiger partial charge on any atom is 0.303 e. The minimum absolute atomic E-state index is 0.169. The Bertz CT molecular complexity index is 893. The molecule has 4 aliphatic carbocycles. The molecule has 0 bridgehead atoms. The Morgan fingerprint density at radius 3 is 2.50 bits per heavy atom. The number of carbonyl (C=O) groups excluding carboxylic acids is 1. The maximum atomic E-state index is 12.0. The average molecular weight is 466 g/mol. The van der Waals surface area contributed by atoms with Crippen LogP contribution in [0.25, 0.3) is 0 Å². The van der Waals surface area contributed by atoms with E-state index in [0.29, 0.717) is 36.9 Å². The van der Waals surface area contributed by atoms with E-state index in [1.165, 1.54) is 69.8 Å². The van der Waals surface area contributed by atoms with E-state index in [1.54, 1.807) is 11.1 Å². The van der Waals surface area contributed by atoms with Gasteiger partial charge in [0.15, 0.2) is 5.78 Å². The lowest BCUT2D eigenvalue weighted by atomic mass is 9.50. The van der Waals surface area contributed by atoms with Crippen molar-refractivity contribution in [3.63, 3.8) is 0 Å². The number of hydrogen-bond donors (Lipinski definition) is 1. The molecule has 4 atom stereocenters. The van der Waals surface area contributed by atoms with Gasteiger partial charge in [-0.1, -0.05) is 51.0 Å². The minimum Gasteiger partial charge on any atom is -0.481 e. The van der Waals surface area contributed by atoms with Crippen LogP contribution in [0, 0.1) is 34.0 Å². The summed E-state index contributed by atoms with van der Waals surface area (Å²) in [6.07, 6.45) is 20.7. The summed E-state index contributed by atoms with van der Waals surface area (Å²) in [4.78, 5) is 22.6. The third-order valence-electron chi connectivity index (χ3n) is 10.2. The minimum atomic E-state index is -0.684. The third kappa shape index (κ3) is 4.91. The number of aliphatic carboxylic acids is 1.